The number of hydrogen-bond donors (Lipinski definition) is 0. The van der Waals surface area contributed by atoms with Gasteiger partial charge in [-0.3, -0.25) is 4.57 Å². The fraction of sp³-hybridized carbons (Fsp3) is 1.00. The summed E-state index contributed by atoms with van der Waals surface area (Å²) in [5, 5.41) is 0. The summed E-state index contributed by atoms with van der Waals surface area (Å²) in [6.45, 7) is 13.2. The summed E-state index contributed by atoms with van der Waals surface area (Å²) in [7, 11) is -2.54. The van der Waals surface area contributed by atoms with Gasteiger partial charge in [0, 0.05) is 0 Å². The largest absolute Gasteiger partial charge is 0.376 e. The average Bonchev–Trinajstić information content (AvgIpc) is 2.65. The molecule has 0 heterocycles. The van der Waals surface area contributed by atoms with Gasteiger partial charge >= 0.3 is 8.25 Å². The van der Waals surface area contributed by atoms with Crippen molar-refractivity contribution in [2.75, 3.05) is 13.2 Å². The minimum Gasteiger partial charge on any atom is -0.376 e. The summed E-state index contributed by atoms with van der Waals surface area (Å²) in [4.78, 5) is 0. The van der Waals surface area contributed by atoms with Crippen molar-refractivity contribution in [2.24, 2.45) is 0 Å². The smallest absolute Gasteiger partial charge is 0.319 e. The minimum atomic E-state index is -2.54. The first kappa shape index (κ1) is 28.1. The first-order chi connectivity index (χ1) is 13.4. The highest BCUT2D eigenvalue weighted by Gasteiger charge is 2.14. The van der Waals surface area contributed by atoms with Crippen molar-refractivity contribution in [3.05, 3.63) is 0 Å². The molecule has 4 atom stereocenters. The van der Waals surface area contributed by atoms with Gasteiger partial charge in [-0.25, -0.2) is 0 Å². The predicted octanol–water partition coefficient (Wildman–Crippen LogP) is 6.94. The predicted molar refractivity (Wildman–Crippen MR) is 118 cm³/mol. The van der Waals surface area contributed by atoms with Crippen LogP contribution in [0.2, 0.25) is 0 Å². The lowest BCUT2D eigenvalue weighted by molar-refractivity contribution is -0.00869. The second kappa shape index (κ2) is 19.1. The van der Waals surface area contributed by atoms with Gasteiger partial charge < -0.3 is 18.5 Å². The molecule has 0 N–H and O–H groups in total. The quantitative estimate of drug-likeness (QED) is 0.157. The summed E-state index contributed by atoms with van der Waals surface area (Å²) in [5.41, 5.74) is 0. The van der Waals surface area contributed by atoms with Crippen LogP contribution in [-0.4, -0.2) is 37.6 Å². The fourth-order valence-electron chi connectivity index (χ4n) is 2.91. The van der Waals surface area contributed by atoms with Crippen molar-refractivity contribution in [3.8, 4) is 0 Å². The summed E-state index contributed by atoms with van der Waals surface area (Å²) in [6.07, 6.45) is 12.0. The van der Waals surface area contributed by atoms with E-state index in [-0.39, 0.29) is 24.4 Å². The van der Waals surface area contributed by atoms with Crippen LogP contribution in [0.1, 0.15) is 106 Å². The molecule has 4 unspecified atom stereocenters. The van der Waals surface area contributed by atoms with Crippen LogP contribution >= 0.6 is 8.25 Å². The van der Waals surface area contributed by atoms with Gasteiger partial charge in [0.1, 0.15) is 0 Å². The highest BCUT2D eigenvalue weighted by Crippen LogP contribution is 2.28. The third kappa shape index (κ3) is 18.1. The highest BCUT2D eigenvalue weighted by molar-refractivity contribution is 7.33. The third-order valence-corrected chi connectivity index (χ3v) is 5.94. The lowest BCUT2D eigenvalue weighted by atomic mass is 10.1. The van der Waals surface area contributed by atoms with E-state index < -0.39 is 8.25 Å². The molecule has 0 aromatic rings. The Morgan fingerprint density at radius 3 is 1.36 bits per heavy atom. The van der Waals surface area contributed by atoms with Gasteiger partial charge in [-0.2, -0.15) is 0 Å². The van der Waals surface area contributed by atoms with Crippen molar-refractivity contribution < 1.29 is 23.1 Å². The lowest BCUT2D eigenvalue weighted by Gasteiger charge is -2.20. The van der Waals surface area contributed by atoms with E-state index in [1.165, 1.54) is 51.4 Å². The van der Waals surface area contributed by atoms with Crippen LogP contribution in [0.25, 0.3) is 0 Å². The maximum absolute atomic E-state index is 12.1. The molecule has 0 saturated carbocycles. The standard InChI is InChI=1S/C22H47O5P/c1-7-9-11-13-15-19(3)24-17-21(5)26-28(23)27-22(6)18-25-20(4)16-14-12-10-8-2/h19-22,28H,7-18H2,1-6H3. The molecule has 0 rings (SSSR count). The molecule has 0 bridgehead atoms. The SMILES string of the molecule is CCCCCCC(C)OCC(C)O[PH](=O)OC(C)COC(C)CCCCCC. The monoisotopic (exact) mass is 422 g/mol. The fourth-order valence-corrected chi connectivity index (χ4v) is 3.76. The molecule has 170 valence electrons. The van der Waals surface area contributed by atoms with Gasteiger partial charge in [-0.1, -0.05) is 65.2 Å². The normalized spacial score (nSPS) is 17.2. The summed E-state index contributed by atoms with van der Waals surface area (Å²) < 4.78 is 34.6. The van der Waals surface area contributed by atoms with Crippen LogP contribution in [0.3, 0.4) is 0 Å². The van der Waals surface area contributed by atoms with Gasteiger partial charge in [0.2, 0.25) is 0 Å². The van der Waals surface area contributed by atoms with E-state index in [2.05, 4.69) is 27.7 Å². The van der Waals surface area contributed by atoms with E-state index in [0.29, 0.717) is 13.2 Å². The van der Waals surface area contributed by atoms with Crippen LogP contribution < -0.4 is 0 Å². The van der Waals surface area contributed by atoms with Crippen LogP contribution in [0, 0.1) is 0 Å². The Kier molecular flexibility index (Phi) is 19.1. The van der Waals surface area contributed by atoms with Crippen LogP contribution in [0.4, 0.5) is 0 Å². The van der Waals surface area contributed by atoms with E-state index in [0.717, 1.165) is 12.8 Å². The second-order valence-electron chi connectivity index (χ2n) is 8.09. The average molecular weight is 423 g/mol. The van der Waals surface area contributed by atoms with Crippen LogP contribution in [0.15, 0.2) is 0 Å². The Morgan fingerprint density at radius 2 is 1.00 bits per heavy atom. The molecule has 0 aliphatic carbocycles. The second-order valence-corrected chi connectivity index (χ2v) is 9.06. The maximum atomic E-state index is 12.1. The Balaban J connectivity index is 3.78. The zero-order valence-corrected chi connectivity index (χ0v) is 20.3. The van der Waals surface area contributed by atoms with Gasteiger partial charge in [0.15, 0.2) is 0 Å². The summed E-state index contributed by atoms with van der Waals surface area (Å²) >= 11 is 0. The number of rotatable bonds is 20. The molecule has 0 amide bonds. The molecule has 5 nitrogen and oxygen atoms in total. The molecule has 0 aromatic heterocycles. The van der Waals surface area contributed by atoms with Crippen molar-refractivity contribution >= 4 is 8.25 Å². The molecule has 0 saturated heterocycles. The Bertz CT molecular complexity index is 335. The number of ether oxygens (including phenoxy) is 2. The maximum Gasteiger partial charge on any atom is 0.319 e. The molecule has 0 fully saturated rings. The van der Waals surface area contributed by atoms with Crippen molar-refractivity contribution in [1.29, 1.82) is 0 Å². The van der Waals surface area contributed by atoms with Gasteiger partial charge in [-0.05, 0) is 40.5 Å². The van der Waals surface area contributed by atoms with Crippen molar-refractivity contribution in [2.45, 2.75) is 130 Å². The van der Waals surface area contributed by atoms with E-state index >= 15 is 0 Å². The molecule has 0 aromatic carbocycles. The highest BCUT2D eigenvalue weighted by atomic mass is 31.1. The molecule has 0 spiro atoms. The zero-order valence-electron chi connectivity index (χ0n) is 19.3. The van der Waals surface area contributed by atoms with Crippen molar-refractivity contribution in [1.82, 2.24) is 0 Å². The van der Waals surface area contributed by atoms with Gasteiger partial charge in [0.05, 0.1) is 37.6 Å². The van der Waals surface area contributed by atoms with E-state index in [9.17, 15) is 4.57 Å². The van der Waals surface area contributed by atoms with Gasteiger partial charge in [-0.15, -0.1) is 0 Å². The third-order valence-electron chi connectivity index (χ3n) is 4.75. The number of hydrogen-bond acceptors (Lipinski definition) is 5. The molecule has 0 aliphatic rings. The van der Waals surface area contributed by atoms with E-state index in [4.69, 9.17) is 18.5 Å². The molecule has 28 heavy (non-hydrogen) atoms. The van der Waals surface area contributed by atoms with E-state index in [1.54, 1.807) is 0 Å². The molecular weight excluding hydrogens is 375 g/mol. The molecule has 0 aliphatic heterocycles. The van der Waals surface area contributed by atoms with E-state index in [1.807, 2.05) is 13.8 Å². The molecule has 6 heteroatoms. The van der Waals surface area contributed by atoms with Crippen molar-refractivity contribution in [3.63, 3.8) is 0 Å². The molecular formula is C22H47O5P. The number of unbranched alkanes of at least 4 members (excludes halogenated alkanes) is 6. The van der Waals surface area contributed by atoms with Gasteiger partial charge in [0.25, 0.3) is 0 Å². The first-order valence-corrected chi connectivity index (χ1v) is 12.7. The molecule has 0 radical (unpaired) electrons. The summed E-state index contributed by atoms with van der Waals surface area (Å²) in [6, 6.07) is 0. The Hall–Kier alpha value is 0.0700. The topological polar surface area (TPSA) is 54.0 Å². The van der Waals surface area contributed by atoms with Crippen LogP contribution in [0.5, 0.6) is 0 Å². The lowest BCUT2D eigenvalue weighted by Crippen LogP contribution is -2.21. The summed E-state index contributed by atoms with van der Waals surface area (Å²) in [5.74, 6) is 0. The zero-order chi connectivity index (χ0) is 21.2. The first-order valence-electron chi connectivity index (χ1n) is 11.5. The minimum absolute atomic E-state index is 0.206. The van der Waals surface area contributed by atoms with Crippen LogP contribution in [-0.2, 0) is 23.1 Å². The Morgan fingerprint density at radius 1 is 0.607 bits per heavy atom. The Labute approximate surface area is 175 Å².